The van der Waals surface area contributed by atoms with E-state index in [1.165, 1.54) is 0 Å². The Labute approximate surface area is 66.4 Å². The van der Waals surface area contributed by atoms with Gasteiger partial charge in [-0.2, -0.15) is 23.4 Å². The largest absolute Gasteiger partial charge is 0.418 e. The minimum atomic E-state index is -4.40. The molecule has 0 fully saturated rings. The van der Waals surface area contributed by atoms with Gasteiger partial charge in [-0.05, 0) is 6.07 Å². The van der Waals surface area contributed by atoms with Gasteiger partial charge in [0, 0.05) is 6.54 Å². The second-order valence-electron chi connectivity index (χ2n) is 2.09. The molecule has 0 saturated heterocycles. The quantitative estimate of drug-likeness (QED) is 0.694. The summed E-state index contributed by atoms with van der Waals surface area (Å²) in [5.41, 5.74) is 3.99. The predicted molar refractivity (Wildman–Crippen MR) is 34.9 cm³/mol. The molecule has 0 aromatic carbocycles. The van der Waals surface area contributed by atoms with Crippen LogP contribution in [0.25, 0.3) is 0 Å². The van der Waals surface area contributed by atoms with Crippen molar-refractivity contribution in [3.05, 3.63) is 23.5 Å². The van der Waals surface area contributed by atoms with E-state index < -0.39 is 11.7 Å². The molecular formula is C6H6F3N3. The molecule has 0 amide bonds. The maximum absolute atomic E-state index is 12.1. The minimum absolute atomic E-state index is 0.231. The number of nitrogens with two attached hydrogens (primary N) is 1. The third-order valence-corrected chi connectivity index (χ3v) is 1.30. The van der Waals surface area contributed by atoms with Crippen LogP contribution in [-0.4, -0.2) is 10.2 Å². The van der Waals surface area contributed by atoms with Gasteiger partial charge in [0.05, 0.1) is 17.5 Å². The van der Waals surface area contributed by atoms with Crippen molar-refractivity contribution in [3.8, 4) is 0 Å². The zero-order valence-corrected chi connectivity index (χ0v) is 5.97. The highest BCUT2D eigenvalue weighted by molar-refractivity contribution is 5.20. The molecule has 6 heteroatoms. The molecule has 0 unspecified atom stereocenters. The molecule has 1 heterocycles. The molecule has 0 saturated carbocycles. The van der Waals surface area contributed by atoms with Crippen molar-refractivity contribution < 1.29 is 13.2 Å². The lowest BCUT2D eigenvalue weighted by atomic mass is 10.2. The molecule has 0 aliphatic heterocycles. The van der Waals surface area contributed by atoms with Gasteiger partial charge in [0.15, 0.2) is 0 Å². The lowest BCUT2D eigenvalue weighted by Crippen LogP contribution is -2.14. The summed E-state index contributed by atoms with van der Waals surface area (Å²) in [6, 6.07) is 0.856. The van der Waals surface area contributed by atoms with Crippen molar-refractivity contribution >= 4 is 0 Å². The normalized spacial score (nSPS) is 11.7. The van der Waals surface area contributed by atoms with Crippen LogP contribution in [-0.2, 0) is 12.7 Å². The molecule has 1 aromatic heterocycles. The molecule has 1 aromatic rings. The van der Waals surface area contributed by atoms with Crippen LogP contribution in [0.15, 0.2) is 12.3 Å². The molecule has 0 aliphatic carbocycles. The van der Waals surface area contributed by atoms with Crippen molar-refractivity contribution in [2.24, 2.45) is 5.73 Å². The average Bonchev–Trinajstić information content (AvgIpc) is 2.03. The van der Waals surface area contributed by atoms with E-state index in [-0.39, 0.29) is 12.2 Å². The Morgan fingerprint density at radius 2 is 2.08 bits per heavy atom. The molecule has 0 spiro atoms. The van der Waals surface area contributed by atoms with Crippen molar-refractivity contribution in [3.63, 3.8) is 0 Å². The van der Waals surface area contributed by atoms with Crippen molar-refractivity contribution in [2.75, 3.05) is 0 Å². The third kappa shape index (κ3) is 1.70. The summed E-state index contributed by atoms with van der Waals surface area (Å²) in [5, 5.41) is 6.57. The fourth-order valence-corrected chi connectivity index (χ4v) is 0.770. The minimum Gasteiger partial charge on any atom is -0.325 e. The highest BCUT2D eigenvalue weighted by Gasteiger charge is 2.33. The summed E-state index contributed by atoms with van der Waals surface area (Å²) in [6.45, 7) is -0.261. The summed E-state index contributed by atoms with van der Waals surface area (Å²) in [5.74, 6) is 0. The summed E-state index contributed by atoms with van der Waals surface area (Å²) in [7, 11) is 0. The van der Waals surface area contributed by atoms with Gasteiger partial charge in [0.1, 0.15) is 0 Å². The molecular weight excluding hydrogens is 171 g/mol. The van der Waals surface area contributed by atoms with Gasteiger partial charge in [-0.1, -0.05) is 0 Å². The van der Waals surface area contributed by atoms with Crippen LogP contribution in [0.1, 0.15) is 11.3 Å². The van der Waals surface area contributed by atoms with Crippen LogP contribution in [0, 0.1) is 0 Å². The van der Waals surface area contributed by atoms with Crippen LogP contribution < -0.4 is 5.73 Å². The second kappa shape index (κ2) is 3.06. The Kier molecular flexibility index (Phi) is 2.27. The van der Waals surface area contributed by atoms with E-state index in [2.05, 4.69) is 10.2 Å². The summed E-state index contributed by atoms with van der Waals surface area (Å²) in [6.07, 6.45) is -3.41. The van der Waals surface area contributed by atoms with Crippen molar-refractivity contribution in [1.29, 1.82) is 0 Å². The Bertz CT molecular complexity index is 271. The van der Waals surface area contributed by atoms with Crippen LogP contribution in [0.4, 0.5) is 13.2 Å². The third-order valence-electron chi connectivity index (χ3n) is 1.30. The van der Waals surface area contributed by atoms with E-state index in [1.807, 2.05) is 0 Å². The number of nitrogens with zero attached hydrogens (tertiary/aromatic N) is 2. The van der Waals surface area contributed by atoms with Crippen molar-refractivity contribution in [1.82, 2.24) is 10.2 Å². The summed E-state index contributed by atoms with van der Waals surface area (Å²) in [4.78, 5) is 0. The molecule has 0 atom stereocenters. The molecule has 12 heavy (non-hydrogen) atoms. The zero-order chi connectivity index (χ0) is 9.19. The Balaban J connectivity index is 3.14. The number of halogens is 3. The number of alkyl halides is 3. The van der Waals surface area contributed by atoms with E-state index in [0.717, 1.165) is 12.3 Å². The maximum atomic E-state index is 12.1. The molecule has 0 aliphatic rings. The van der Waals surface area contributed by atoms with E-state index in [1.54, 1.807) is 0 Å². The first kappa shape index (κ1) is 8.92. The molecule has 0 bridgehead atoms. The average molecular weight is 177 g/mol. The van der Waals surface area contributed by atoms with Gasteiger partial charge in [0.2, 0.25) is 0 Å². The van der Waals surface area contributed by atoms with Gasteiger partial charge in [-0.25, -0.2) is 0 Å². The standard InChI is InChI=1S/C6H6F3N3/c7-6(8,9)4-1-2-11-12-5(4)3-10/h1-2H,3,10H2. The molecule has 0 radical (unpaired) electrons. The first-order chi connectivity index (χ1) is 5.55. The highest BCUT2D eigenvalue weighted by atomic mass is 19.4. The number of hydrogen-bond donors (Lipinski definition) is 1. The first-order valence-electron chi connectivity index (χ1n) is 3.13. The Morgan fingerprint density at radius 3 is 2.50 bits per heavy atom. The highest BCUT2D eigenvalue weighted by Crippen LogP contribution is 2.30. The summed E-state index contributed by atoms with van der Waals surface area (Å²) >= 11 is 0. The van der Waals surface area contributed by atoms with Crippen LogP contribution in [0.3, 0.4) is 0 Å². The monoisotopic (exact) mass is 177 g/mol. The van der Waals surface area contributed by atoms with Crippen molar-refractivity contribution in [2.45, 2.75) is 12.7 Å². The van der Waals surface area contributed by atoms with Crippen LogP contribution >= 0.6 is 0 Å². The van der Waals surface area contributed by atoms with E-state index in [9.17, 15) is 13.2 Å². The van der Waals surface area contributed by atoms with Gasteiger partial charge < -0.3 is 5.73 Å². The molecule has 1 rings (SSSR count). The summed E-state index contributed by atoms with van der Waals surface area (Å²) < 4.78 is 36.3. The number of hydrogen-bond acceptors (Lipinski definition) is 3. The van der Waals surface area contributed by atoms with E-state index >= 15 is 0 Å². The second-order valence-corrected chi connectivity index (χ2v) is 2.09. The fourth-order valence-electron chi connectivity index (χ4n) is 0.770. The maximum Gasteiger partial charge on any atom is 0.418 e. The van der Waals surface area contributed by atoms with Crippen LogP contribution in [0.2, 0.25) is 0 Å². The van der Waals surface area contributed by atoms with Gasteiger partial charge in [-0.15, -0.1) is 0 Å². The zero-order valence-electron chi connectivity index (χ0n) is 5.97. The first-order valence-corrected chi connectivity index (χ1v) is 3.13. The van der Waals surface area contributed by atoms with Gasteiger partial charge in [0.25, 0.3) is 0 Å². The fraction of sp³-hybridized carbons (Fsp3) is 0.333. The van der Waals surface area contributed by atoms with Gasteiger partial charge >= 0.3 is 6.18 Å². The topological polar surface area (TPSA) is 51.8 Å². The Hall–Kier alpha value is -1.17. The van der Waals surface area contributed by atoms with Crippen LogP contribution in [0.5, 0.6) is 0 Å². The lowest BCUT2D eigenvalue weighted by molar-refractivity contribution is -0.138. The van der Waals surface area contributed by atoms with E-state index in [0.29, 0.717) is 0 Å². The van der Waals surface area contributed by atoms with Gasteiger partial charge in [-0.3, -0.25) is 0 Å². The Morgan fingerprint density at radius 1 is 1.42 bits per heavy atom. The number of aromatic nitrogens is 2. The molecule has 3 nitrogen and oxygen atoms in total. The number of rotatable bonds is 1. The molecule has 2 N–H and O–H groups in total. The SMILES string of the molecule is NCc1nnccc1C(F)(F)F. The smallest absolute Gasteiger partial charge is 0.325 e. The molecule has 66 valence electrons. The lowest BCUT2D eigenvalue weighted by Gasteiger charge is -2.08. The van der Waals surface area contributed by atoms with E-state index in [4.69, 9.17) is 5.73 Å². The predicted octanol–water partition coefficient (Wildman–Crippen LogP) is 0.954.